The third-order valence-corrected chi connectivity index (χ3v) is 3.61. The van der Waals surface area contributed by atoms with Crippen LogP contribution < -0.4 is 10.1 Å². The predicted octanol–water partition coefficient (Wildman–Crippen LogP) is 2.30. The van der Waals surface area contributed by atoms with Gasteiger partial charge in [0, 0.05) is 12.5 Å². The Morgan fingerprint density at radius 1 is 1.40 bits per heavy atom. The van der Waals surface area contributed by atoms with Gasteiger partial charge in [-0.3, -0.25) is 0 Å². The van der Waals surface area contributed by atoms with E-state index in [1.807, 2.05) is 0 Å². The Morgan fingerprint density at radius 2 is 2.27 bits per heavy atom. The molecule has 2 nitrogen and oxygen atoms in total. The first-order chi connectivity index (χ1) is 7.27. The van der Waals surface area contributed by atoms with Crippen molar-refractivity contribution in [3.05, 3.63) is 29.8 Å². The first-order valence-corrected chi connectivity index (χ1v) is 5.75. The quantitative estimate of drug-likeness (QED) is 0.698. The molecule has 1 fully saturated rings. The van der Waals surface area contributed by atoms with Gasteiger partial charge in [-0.25, -0.2) is 0 Å². The molecule has 0 amide bonds. The number of ether oxygens (including phenoxy) is 1. The maximum Gasteiger partial charge on any atom is 0.123 e. The number of para-hydroxylation sites is 1. The Labute approximate surface area is 90.6 Å². The molecule has 0 radical (unpaired) electrons. The summed E-state index contributed by atoms with van der Waals surface area (Å²) in [6.45, 7) is 4.40. The lowest BCUT2D eigenvalue weighted by atomic mass is 9.83. The predicted molar refractivity (Wildman–Crippen MR) is 60.3 cm³/mol. The first kappa shape index (κ1) is 9.22. The Balaban J connectivity index is 2.06. The molecule has 2 heterocycles. The molecule has 2 heteroatoms. The van der Waals surface area contributed by atoms with Crippen LogP contribution in [0.25, 0.3) is 0 Å². The van der Waals surface area contributed by atoms with Crippen LogP contribution in [-0.2, 0) is 0 Å². The fourth-order valence-electron chi connectivity index (χ4n) is 2.81. The van der Waals surface area contributed by atoms with E-state index in [-0.39, 0.29) is 5.60 Å². The van der Waals surface area contributed by atoms with E-state index in [0.717, 1.165) is 31.7 Å². The Kier molecular flexibility index (Phi) is 1.99. The molecule has 1 aromatic rings. The van der Waals surface area contributed by atoms with Gasteiger partial charge in [-0.2, -0.15) is 0 Å². The average Bonchev–Trinajstić information content (AvgIpc) is 2.38. The molecule has 0 spiro atoms. The Bertz CT molecular complexity index is 377. The molecule has 1 N–H and O–H groups in total. The smallest absolute Gasteiger partial charge is 0.123 e. The summed E-state index contributed by atoms with van der Waals surface area (Å²) in [5.74, 6) is 1.72. The summed E-state index contributed by atoms with van der Waals surface area (Å²) in [5, 5.41) is 3.50. The zero-order valence-electron chi connectivity index (χ0n) is 9.12. The van der Waals surface area contributed by atoms with Crippen molar-refractivity contribution in [3.8, 4) is 5.75 Å². The molecule has 80 valence electrons. The van der Waals surface area contributed by atoms with Crippen LogP contribution in [-0.4, -0.2) is 18.7 Å². The standard InChI is InChI=1S/C13H17NO/c1-13-6-7-14-9-10(8-13)11-4-2-3-5-12(11)15-13/h2-5,10,14H,6-9H2,1H3. The minimum absolute atomic E-state index is 0.0442. The van der Waals surface area contributed by atoms with E-state index < -0.39 is 0 Å². The van der Waals surface area contributed by atoms with Crippen molar-refractivity contribution >= 4 is 0 Å². The largest absolute Gasteiger partial charge is 0.487 e. The SMILES string of the molecule is CC12CCNCC(C1)c1ccccc1O2. The van der Waals surface area contributed by atoms with Gasteiger partial charge in [-0.05, 0) is 37.9 Å². The molecule has 15 heavy (non-hydrogen) atoms. The van der Waals surface area contributed by atoms with Crippen LogP contribution in [0.5, 0.6) is 5.75 Å². The fourth-order valence-corrected chi connectivity index (χ4v) is 2.81. The normalized spacial score (nSPS) is 33.8. The van der Waals surface area contributed by atoms with Gasteiger partial charge in [0.05, 0.1) is 0 Å². The van der Waals surface area contributed by atoms with Crippen molar-refractivity contribution in [3.63, 3.8) is 0 Å². The van der Waals surface area contributed by atoms with E-state index in [4.69, 9.17) is 4.74 Å². The molecule has 0 aliphatic carbocycles. The van der Waals surface area contributed by atoms with Crippen LogP contribution >= 0.6 is 0 Å². The first-order valence-electron chi connectivity index (χ1n) is 5.75. The molecule has 2 aliphatic rings. The monoisotopic (exact) mass is 203 g/mol. The fraction of sp³-hybridized carbons (Fsp3) is 0.538. The van der Waals surface area contributed by atoms with E-state index in [1.54, 1.807) is 0 Å². The van der Waals surface area contributed by atoms with Gasteiger partial charge in [0.15, 0.2) is 0 Å². The van der Waals surface area contributed by atoms with Crippen LogP contribution in [0.2, 0.25) is 0 Å². The number of fused-ring (bicyclic) bond motifs is 4. The summed E-state index contributed by atoms with van der Waals surface area (Å²) in [6, 6.07) is 8.47. The molecule has 2 unspecified atom stereocenters. The van der Waals surface area contributed by atoms with E-state index in [2.05, 4.69) is 36.5 Å². The highest BCUT2D eigenvalue weighted by molar-refractivity contribution is 5.39. The lowest BCUT2D eigenvalue weighted by molar-refractivity contribution is 0.0552. The van der Waals surface area contributed by atoms with Crippen LogP contribution in [0.15, 0.2) is 24.3 Å². The molecule has 1 aromatic carbocycles. The summed E-state index contributed by atoms with van der Waals surface area (Å²) in [5.41, 5.74) is 1.42. The zero-order chi connectivity index (χ0) is 10.3. The van der Waals surface area contributed by atoms with Crippen LogP contribution in [0, 0.1) is 0 Å². The molecule has 2 bridgehead atoms. The molecule has 1 saturated heterocycles. The van der Waals surface area contributed by atoms with Gasteiger partial charge in [0.2, 0.25) is 0 Å². The molecule has 0 aromatic heterocycles. The lowest BCUT2D eigenvalue weighted by Gasteiger charge is -2.37. The van der Waals surface area contributed by atoms with Crippen molar-refractivity contribution in [2.45, 2.75) is 31.3 Å². The Morgan fingerprint density at radius 3 is 3.20 bits per heavy atom. The van der Waals surface area contributed by atoms with Crippen LogP contribution in [0.3, 0.4) is 0 Å². The van der Waals surface area contributed by atoms with E-state index in [0.29, 0.717) is 5.92 Å². The van der Waals surface area contributed by atoms with Gasteiger partial charge < -0.3 is 10.1 Å². The second kappa shape index (κ2) is 3.24. The van der Waals surface area contributed by atoms with E-state index in [1.165, 1.54) is 5.56 Å². The topological polar surface area (TPSA) is 21.3 Å². The minimum Gasteiger partial charge on any atom is -0.487 e. The van der Waals surface area contributed by atoms with E-state index in [9.17, 15) is 0 Å². The second-order valence-corrected chi connectivity index (χ2v) is 4.94. The van der Waals surface area contributed by atoms with Crippen LogP contribution in [0.1, 0.15) is 31.2 Å². The minimum atomic E-state index is 0.0442. The molecular weight excluding hydrogens is 186 g/mol. The molecule has 0 saturated carbocycles. The van der Waals surface area contributed by atoms with Gasteiger partial charge >= 0.3 is 0 Å². The van der Waals surface area contributed by atoms with Gasteiger partial charge in [-0.1, -0.05) is 18.2 Å². The summed E-state index contributed by atoms with van der Waals surface area (Å²) in [4.78, 5) is 0. The highest BCUT2D eigenvalue weighted by atomic mass is 16.5. The average molecular weight is 203 g/mol. The zero-order valence-corrected chi connectivity index (χ0v) is 9.12. The molecule has 2 atom stereocenters. The summed E-state index contributed by atoms with van der Waals surface area (Å²) >= 11 is 0. The van der Waals surface area contributed by atoms with Crippen molar-refractivity contribution in [2.24, 2.45) is 0 Å². The maximum atomic E-state index is 6.13. The number of hydrogen-bond acceptors (Lipinski definition) is 2. The summed E-state index contributed by atoms with van der Waals surface area (Å²) < 4.78 is 6.13. The number of benzene rings is 1. The van der Waals surface area contributed by atoms with Crippen molar-refractivity contribution in [1.29, 1.82) is 0 Å². The number of rotatable bonds is 0. The van der Waals surface area contributed by atoms with Gasteiger partial charge in [-0.15, -0.1) is 0 Å². The van der Waals surface area contributed by atoms with Crippen molar-refractivity contribution in [2.75, 3.05) is 13.1 Å². The summed E-state index contributed by atoms with van der Waals surface area (Å²) in [7, 11) is 0. The third kappa shape index (κ3) is 1.53. The van der Waals surface area contributed by atoms with Gasteiger partial charge in [0.25, 0.3) is 0 Å². The highest BCUT2D eigenvalue weighted by Crippen LogP contribution is 2.42. The lowest BCUT2D eigenvalue weighted by Crippen LogP contribution is -2.37. The third-order valence-electron chi connectivity index (χ3n) is 3.61. The van der Waals surface area contributed by atoms with Crippen molar-refractivity contribution < 1.29 is 4.74 Å². The number of nitrogens with one attached hydrogen (secondary N) is 1. The molecular formula is C13H17NO. The molecule has 3 rings (SSSR count). The summed E-state index contributed by atoms with van der Waals surface area (Å²) in [6.07, 6.45) is 2.26. The second-order valence-electron chi connectivity index (χ2n) is 4.94. The van der Waals surface area contributed by atoms with Crippen LogP contribution in [0.4, 0.5) is 0 Å². The maximum absolute atomic E-state index is 6.13. The number of hydrogen-bond donors (Lipinski definition) is 1. The molecule has 2 aliphatic heterocycles. The van der Waals surface area contributed by atoms with Gasteiger partial charge in [0.1, 0.15) is 11.4 Å². The highest BCUT2D eigenvalue weighted by Gasteiger charge is 2.38. The Hall–Kier alpha value is -1.02. The van der Waals surface area contributed by atoms with Crippen molar-refractivity contribution in [1.82, 2.24) is 5.32 Å². The van der Waals surface area contributed by atoms with E-state index >= 15 is 0 Å².